The lowest BCUT2D eigenvalue weighted by Crippen LogP contribution is -2.48. The number of anilines is 1. The first-order chi connectivity index (χ1) is 7.09. The average Bonchev–Trinajstić information content (AvgIpc) is 2.23. The van der Waals surface area contributed by atoms with Crippen molar-refractivity contribution >= 4 is 5.69 Å². The first-order valence-corrected chi connectivity index (χ1v) is 5.58. The van der Waals surface area contributed by atoms with Gasteiger partial charge in [0.1, 0.15) is 0 Å². The fourth-order valence-electron chi connectivity index (χ4n) is 2.20. The normalized spacial score (nSPS) is 25.3. The van der Waals surface area contributed by atoms with Crippen LogP contribution in [0.2, 0.25) is 0 Å². The number of aliphatic hydroxyl groups excluding tert-OH is 1. The van der Waals surface area contributed by atoms with Gasteiger partial charge in [0.15, 0.2) is 0 Å². The third kappa shape index (κ3) is 2.15. The van der Waals surface area contributed by atoms with Gasteiger partial charge in [0.25, 0.3) is 0 Å². The molecule has 15 heavy (non-hydrogen) atoms. The number of hydrogen-bond acceptors (Lipinski definition) is 2. The summed E-state index contributed by atoms with van der Waals surface area (Å²) in [5.41, 5.74) is 1.26. The van der Waals surface area contributed by atoms with E-state index in [1.807, 2.05) is 6.07 Å². The van der Waals surface area contributed by atoms with Crippen molar-refractivity contribution in [2.75, 3.05) is 18.0 Å². The minimum Gasteiger partial charge on any atom is -0.392 e. The predicted molar refractivity (Wildman–Crippen MR) is 63.1 cm³/mol. The Morgan fingerprint density at radius 1 is 1.27 bits per heavy atom. The molecule has 1 unspecified atom stereocenters. The Bertz CT molecular complexity index is 321. The van der Waals surface area contributed by atoms with Crippen LogP contribution in [-0.4, -0.2) is 24.3 Å². The molecule has 1 aromatic carbocycles. The molecule has 0 saturated carbocycles. The molecule has 0 radical (unpaired) electrons. The molecule has 1 heterocycles. The minimum atomic E-state index is -0.169. The van der Waals surface area contributed by atoms with E-state index in [9.17, 15) is 5.11 Å². The maximum atomic E-state index is 9.87. The summed E-state index contributed by atoms with van der Waals surface area (Å²) in [7, 11) is 0. The van der Waals surface area contributed by atoms with Crippen LogP contribution in [0.1, 0.15) is 20.3 Å². The summed E-state index contributed by atoms with van der Waals surface area (Å²) < 4.78 is 0. The number of piperidine rings is 1. The SMILES string of the molecule is CC1(C)CN(c2ccccc2)CCC1O. The number of para-hydroxylation sites is 1. The summed E-state index contributed by atoms with van der Waals surface area (Å²) in [6, 6.07) is 10.4. The highest BCUT2D eigenvalue weighted by atomic mass is 16.3. The van der Waals surface area contributed by atoms with E-state index in [-0.39, 0.29) is 11.5 Å². The van der Waals surface area contributed by atoms with Crippen LogP contribution in [-0.2, 0) is 0 Å². The van der Waals surface area contributed by atoms with Crippen LogP contribution in [0.5, 0.6) is 0 Å². The Labute approximate surface area is 91.5 Å². The molecule has 1 aliphatic heterocycles. The van der Waals surface area contributed by atoms with E-state index in [1.165, 1.54) is 5.69 Å². The molecular weight excluding hydrogens is 186 g/mol. The standard InChI is InChI=1S/C13H19NO/c1-13(2)10-14(9-8-12(13)15)11-6-4-3-5-7-11/h3-7,12,15H,8-10H2,1-2H3. The molecule has 0 bridgehead atoms. The van der Waals surface area contributed by atoms with Crippen molar-refractivity contribution < 1.29 is 5.11 Å². The minimum absolute atomic E-state index is 0.00586. The summed E-state index contributed by atoms with van der Waals surface area (Å²) >= 11 is 0. The molecule has 0 amide bonds. The molecule has 0 spiro atoms. The van der Waals surface area contributed by atoms with E-state index in [2.05, 4.69) is 43.0 Å². The molecule has 0 aromatic heterocycles. The van der Waals surface area contributed by atoms with Gasteiger partial charge in [-0.2, -0.15) is 0 Å². The number of nitrogens with zero attached hydrogens (tertiary/aromatic N) is 1. The molecule has 1 N–H and O–H groups in total. The molecule has 2 rings (SSSR count). The quantitative estimate of drug-likeness (QED) is 0.760. The van der Waals surface area contributed by atoms with Gasteiger partial charge < -0.3 is 10.0 Å². The zero-order chi connectivity index (χ0) is 10.9. The smallest absolute Gasteiger partial charge is 0.0624 e. The molecule has 82 valence electrons. The number of hydrogen-bond donors (Lipinski definition) is 1. The van der Waals surface area contributed by atoms with Crippen LogP contribution in [0.3, 0.4) is 0 Å². The second-order valence-electron chi connectivity index (χ2n) is 5.05. The van der Waals surface area contributed by atoms with E-state index in [4.69, 9.17) is 0 Å². The lowest BCUT2D eigenvalue weighted by Gasteiger charge is -2.42. The number of rotatable bonds is 1. The molecule has 1 saturated heterocycles. The molecule has 2 heteroatoms. The third-order valence-corrected chi connectivity index (χ3v) is 3.29. The van der Waals surface area contributed by atoms with Gasteiger partial charge in [-0.05, 0) is 18.6 Å². The zero-order valence-corrected chi connectivity index (χ0v) is 9.48. The van der Waals surface area contributed by atoms with Crippen molar-refractivity contribution in [3.8, 4) is 0 Å². The highest BCUT2D eigenvalue weighted by Gasteiger charge is 2.34. The molecule has 2 nitrogen and oxygen atoms in total. The van der Waals surface area contributed by atoms with Gasteiger partial charge in [0.05, 0.1) is 6.10 Å². The summed E-state index contributed by atoms with van der Waals surface area (Å²) in [6.07, 6.45) is 0.694. The summed E-state index contributed by atoms with van der Waals surface area (Å²) in [5.74, 6) is 0. The maximum Gasteiger partial charge on any atom is 0.0624 e. The summed E-state index contributed by atoms with van der Waals surface area (Å²) in [6.45, 7) is 6.15. The Hall–Kier alpha value is -1.02. The molecular formula is C13H19NO. The second-order valence-corrected chi connectivity index (χ2v) is 5.05. The third-order valence-electron chi connectivity index (χ3n) is 3.29. The van der Waals surface area contributed by atoms with Gasteiger partial charge in [0.2, 0.25) is 0 Å². The first-order valence-electron chi connectivity index (χ1n) is 5.58. The molecule has 1 aliphatic rings. The Balaban J connectivity index is 2.14. The van der Waals surface area contributed by atoms with Crippen molar-refractivity contribution in [2.24, 2.45) is 5.41 Å². The summed E-state index contributed by atoms with van der Waals surface area (Å²) in [4.78, 5) is 2.35. The van der Waals surface area contributed by atoms with Gasteiger partial charge >= 0.3 is 0 Å². The molecule has 1 aromatic rings. The van der Waals surface area contributed by atoms with Crippen LogP contribution in [0.25, 0.3) is 0 Å². The van der Waals surface area contributed by atoms with Gasteiger partial charge in [-0.1, -0.05) is 32.0 Å². The number of benzene rings is 1. The van der Waals surface area contributed by atoms with Gasteiger partial charge in [-0.15, -0.1) is 0 Å². The van der Waals surface area contributed by atoms with E-state index in [0.29, 0.717) is 0 Å². The van der Waals surface area contributed by atoms with Gasteiger partial charge in [-0.25, -0.2) is 0 Å². The molecule has 1 fully saturated rings. The van der Waals surface area contributed by atoms with E-state index in [0.717, 1.165) is 19.5 Å². The highest BCUT2D eigenvalue weighted by Crippen LogP contribution is 2.31. The van der Waals surface area contributed by atoms with Crippen molar-refractivity contribution in [1.82, 2.24) is 0 Å². The lowest BCUT2D eigenvalue weighted by molar-refractivity contribution is 0.0336. The van der Waals surface area contributed by atoms with Crippen molar-refractivity contribution in [3.05, 3.63) is 30.3 Å². The van der Waals surface area contributed by atoms with E-state index in [1.54, 1.807) is 0 Å². The zero-order valence-electron chi connectivity index (χ0n) is 9.48. The van der Waals surface area contributed by atoms with Crippen molar-refractivity contribution in [1.29, 1.82) is 0 Å². The van der Waals surface area contributed by atoms with Crippen LogP contribution in [0.15, 0.2) is 30.3 Å². The Kier molecular flexibility index (Phi) is 2.70. The van der Waals surface area contributed by atoms with E-state index < -0.39 is 0 Å². The van der Waals surface area contributed by atoms with Gasteiger partial charge in [-0.3, -0.25) is 0 Å². The summed E-state index contributed by atoms with van der Waals surface area (Å²) in [5, 5.41) is 9.87. The van der Waals surface area contributed by atoms with Crippen molar-refractivity contribution in [3.63, 3.8) is 0 Å². The maximum absolute atomic E-state index is 9.87. The highest BCUT2D eigenvalue weighted by molar-refractivity contribution is 5.46. The van der Waals surface area contributed by atoms with Gasteiger partial charge in [0, 0.05) is 24.2 Å². The largest absolute Gasteiger partial charge is 0.392 e. The van der Waals surface area contributed by atoms with Crippen LogP contribution in [0.4, 0.5) is 5.69 Å². The van der Waals surface area contributed by atoms with E-state index >= 15 is 0 Å². The topological polar surface area (TPSA) is 23.5 Å². The van der Waals surface area contributed by atoms with Crippen LogP contribution < -0.4 is 4.90 Å². The fourth-order valence-corrected chi connectivity index (χ4v) is 2.20. The number of aliphatic hydroxyl groups is 1. The Morgan fingerprint density at radius 2 is 1.93 bits per heavy atom. The van der Waals surface area contributed by atoms with Crippen molar-refractivity contribution in [2.45, 2.75) is 26.4 Å². The average molecular weight is 205 g/mol. The second kappa shape index (κ2) is 3.86. The fraction of sp³-hybridized carbons (Fsp3) is 0.538. The monoisotopic (exact) mass is 205 g/mol. The van der Waals surface area contributed by atoms with Crippen LogP contribution in [0, 0.1) is 5.41 Å². The Morgan fingerprint density at radius 3 is 2.53 bits per heavy atom. The predicted octanol–water partition coefficient (Wildman–Crippen LogP) is 2.28. The molecule has 0 aliphatic carbocycles. The lowest BCUT2D eigenvalue weighted by atomic mass is 9.81. The molecule has 1 atom stereocenters. The first kappa shape index (κ1) is 10.5. The van der Waals surface area contributed by atoms with Crippen LogP contribution >= 0.6 is 0 Å².